The number of ketones is 1. The number of benzene rings is 4. The molecule has 7 heteroatoms. The highest BCUT2D eigenvalue weighted by atomic mass is 16.5. The Morgan fingerprint density at radius 3 is 2.23 bits per heavy atom. The minimum Gasteiger partial charge on any atom is -0.492 e. The van der Waals surface area contributed by atoms with E-state index < -0.39 is 12.0 Å². The van der Waals surface area contributed by atoms with E-state index in [0.717, 1.165) is 16.8 Å². The maximum atomic E-state index is 13.1. The van der Waals surface area contributed by atoms with Gasteiger partial charge in [0.2, 0.25) is 5.91 Å². The van der Waals surface area contributed by atoms with Crippen molar-refractivity contribution in [2.45, 2.75) is 39.7 Å². The summed E-state index contributed by atoms with van der Waals surface area (Å²) in [6.45, 7) is 6.77. The highest BCUT2D eigenvalue weighted by Gasteiger charge is 2.22. The molecule has 0 aliphatic heterocycles. The number of carbonyl (C=O) groups is 3. The summed E-state index contributed by atoms with van der Waals surface area (Å²) in [6, 6.07) is 30.0. The Kier molecular flexibility index (Phi) is 10.7. The predicted molar refractivity (Wildman–Crippen MR) is 170 cm³/mol. The molecule has 0 aromatic heterocycles. The molecule has 0 bridgehead atoms. The number of rotatable bonds is 14. The van der Waals surface area contributed by atoms with Crippen molar-refractivity contribution in [1.29, 1.82) is 0 Å². The van der Waals surface area contributed by atoms with Crippen LogP contribution in [0.2, 0.25) is 0 Å². The third kappa shape index (κ3) is 8.79. The summed E-state index contributed by atoms with van der Waals surface area (Å²) in [5.74, 6) is -0.275. The molecule has 0 aliphatic rings. The summed E-state index contributed by atoms with van der Waals surface area (Å²) in [5.41, 5.74) is 4.14. The molecule has 7 nitrogen and oxygen atoms in total. The molecular formula is C36H38N2O5. The quantitative estimate of drug-likeness (QED) is 0.160. The lowest BCUT2D eigenvalue weighted by atomic mass is 10.00. The lowest BCUT2D eigenvalue weighted by molar-refractivity contribution is -0.137. The predicted octanol–water partition coefficient (Wildman–Crippen LogP) is 6.79. The van der Waals surface area contributed by atoms with E-state index in [9.17, 15) is 19.5 Å². The van der Waals surface area contributed by atoms with Crippen LogP contribution in [-0.4, -0.2) is 42.0 Å². The number of carboxylic acid groups (broad SMARTS) is 1. The van der Waals surface area contributed by atoms with Crippen molar-refractivity contribution in [2.24, 2.45) is 5.92 Å². The molecule has 0 fully saturated rings. The van der Waals surface area contributed by atoms with Gasteiger partial charge in [0, 0.05) is 35.3 Å². The van der Waals surface area contributed by atoms with Crippen molar-refractivity contribution < 1.29 is 24.2 Å². The zero-order valence-corrected chi connectivity index (χ0v) is 24.8. The van der Waals surface area contributed by atoms with Crippen LogP contribution in [0, 0.1) is 12.8 Å². The number of amides is 1. The molecule has 1 atom stereocenters. The average molecular weight is 579 g/mol. The van der Waals surface area contributed by atoms with E-state index in [-0.39, 0.29) is 24.0 Å². The van der Waals surface area contributed by atoms with E-state index in [4.69, 9.17) is 4.74 Å². The van der Waals surface area contributed by atoms with Crippen molar-refractivity contribution in [1.82, 2.24) is 0 Å². The Hall–Kier alpha value is -4.91. The lowest BCUT2D eigenvalue weighted by Gasteiger charge is -2.24. The van der Waals surface area contributed by atoms with Crippen molar-refractivity contribution in [3.05, 3.63) is 125 Å². The molecular weight excluding hydrogens is 540 g/mol. The van der Waals surface area contributed by atoms with Crippen LogP contribution in [0.1, 0.15) is 47.3 Å². The summed E-state index contributed by atoms with van der Waals surface area (Å²) in [5, 5.41) is 13.0. The van der Waals surface area contributed by atoms with E-state index in [1.165, 1.54) is 0 Å². The number of aliphatic carboxylic acids is 1. The fraction of sp³-hybridized carbons (Fsp3) is 0.250. The first-order chi connectivity index (χ1) is 20.7. The largest absolute Gasteiger partial charge is 0.492 e. The number of carbonyl (C=O) groups excluding carboxylic acids is 2. The van der Waals surface area contributed by atoms with Gasteiger partial charge in [-0.3, -0.25) is 9.59 Å². The van der Waals surface area contributed by atoms with Gasteiger partial charge < -0.3 is 20.1 Å². The minimum atomic E-state index is -1.02. The molecule has 0 aliphatic carbocycles. The van der Waals surface area contributed by atoms with Gasteiger partial charge in [-0.25, -0.2) is 4.79 Å². The number of aryl methyl sites for hydroxylation is 1. The van der Waals surface area contributed by atoms with Gasteiger partial charge in [0.05, 0.1) is 6.54 Å². The monoisotopic (exact) mass is 578 g/mol. The van der Waals surface area contributed by atoms with Gasteiger partial charge >= 0.3 is 5.97 Å². The molecule has 0 unspecified atom stereocenters. The van der Waals surface area contributed by atoms with Gasteiger partial charge in [-0.2, -0.15) is 0 Å². The number of ether oxygens (including phenoxy) is 1. The molecule has 4 aromatic carbocycles. The number of anilines is 2. The Morgan fingerprint density at radius 2 is 1.56 bits per heavy atom. The second kappa shape index (κ2) is 14.8. The van der Waals surface area contributed by atoms with Crippen LogP contribution in [0.3, 0.4) is 0 Å². The van der Waals surface area contributed by atoms with Crippen LogP contribution < -0.4 is 15.0 Å². The second-order valence-corrected chi connectivity index (χ2v) is 11.0. The number of hydrogen-bond donors (Lipinski definition) is 2. The van der Waals surface area contributed by atoms with Gasteiger partial charge in [-0.15, -0.1) is 0 Å². The Balaban J connectivity index is 1.39. The maximum absolute atomic E-state index is 13.1. The Bertz CT molecular complexity index is 1530. The number of carboxylic acids is 1. The molecule has 4 aromatic rings. The van der Waals surface area contributed by atoms with Crippen molar-refractivity contribution in [3.8, 4) is 5.75 Å². The highest BCUT2D eigenvalue weighted by molar-refractivity contribution is 6.12. The van der Waals surface area contributed by atoms with Crippen molar-refractivity contribution in [3.63, 3.8) is 0 Å². The minimum absolute atomic E-state index is 0.0544. The fourth-order valence-electron chi connectivity index (χ4n) is 4.81. The third-order valence-corrected chi connectivity index (χ3v) is 6.98. The second-order valence-electron chi connectivity index (χ2n) is 11.0. The molecule has 0 heterocycles. The standard InChI is InChI=1S/C36H38N2O5/c1-25(2)22-34(39)38(29-13-9-10-26(3)23-29)20-21-43-30-18-16-27(17-19-30)24-33(36(41)42)37-32-15-8-7-14-31(32)35(40)28-11-5-4-6-12-28/h4-19,23,25,33,37H,20-22,24H2,1-3H3,(H,41,42)/t33-/m0/s1. The first-order valence-electron chi connectivity index (χ1n) is 14.5. The van der Waals surface area contributed by atoms with Crippen LogP contribution in [0.15, 0.2) is 103 Å². The number of para-hydroxylation sites is 1. The highest BCUT2D eigenvalue weighted by Crippen LogP contribution is 2.23. The van der Waals surface area contributed by atoms with Gasteiger partial charge in [0.15, 0.2) is 5.78 Å². The normalized spacial score (nSPS) is 11.5. The van der Waals surface area contributed by atoms with E-state index in [0.29, 0.717) is 42.1 Å². The van der Waals surface area contributed by atoms with E-state index in [1.807, 2.05) is 63.2 Å². The van der Waals surface area contributed by atoms with Gasteiger partial charge in [0.1, 0.15) is 18.4 Å². The van der Waals surface area contributed by atoms with Crippen molar-refractivity contribution >= 4 is 29.0 Å². The zero-order valence-electron chi connectivity index (χ0n) is 24.8. The molecule has 43 heavy (non-hydrogen) atoms. The first-order valence-corrected chi connectivity index (χ1v) is 14.5. The summed E-state index contributed by atoms with van der Waals surface area (Å²) >= 11 is 0. The number of hydrogen-bond acceptors (Lipinski definition) is 5. The number of nitrogens with one attached hydrogen (secondary N) is 1. The molecule has 0 saturated carbocycles. The zero-order chi connectivity index (χ0) is 30.8. The summed E-state index contributed by atoms with van der Waals surface area (Å²) in [4.78, 5) is 40.0. The lowest BCUT2D eigenvalue weighted by Crippen LogP contribution is -2.35. The smallest absolute Gasteiger partial charge is 0.326 e. The molecule has 222 valence electrons. The van der Waals surface area contributed by atoms with Crippen LogP contribution in [-0.2, 0) is 16.0 Å². The first kappa shape index (κ1) is 31.0. The third-order valence-electron chi connectivity index (χ3n) is 6.98. The van der Waals surface area contributed by atoms with Crippen LogP contribution in [0.4, 0.5) is 11.4 Å². The Labute approximate surface area is 253 Å². The van der Waals surface area contributed by atoms with Crippen LogP contribution in [0.5, 0.6) is 5.75 Å². The molecule has 0 radical (unpaired) electrons. The van der Waals surface area contributed by atoms with E-state index in [1.54, 1.807) is 65.6 Å². The molecule has 0 saturated heterocycles. The molecule has 4 rings (SSSR count). The molecule has 1 amide bonds. The van der Waals surface area contributed by atoms with Crippen LogP contribution in [0.25, 0.3) is 0 Å². The van der Waals surface area contributed by atoms with Gasteiger partial charge in [0.25, 0.3) is 0 Å². The summed E-state index contributed by atoms with van der Waals surface area (Å²) in [6.07, 6.45) is 0.653. The topological polar surface area (TPSA) is 95.9 Å². The van der Waals surface area contributed by atoms with Gasteiger partial charge in [-0.1, -0.05) is 80.6 Å². The number of nitrogens with zero attached hydrogens (tertiary/aromatic N) is 1. The average Bonchev–Trinajstić information content (AvgIpc) is 2.99. The van der Waals surface area contributed by atoms with Crippen molar-refractivity contribution in [2.75, 3.05) is 23.4 Å². The fourth-order valence-corrected chi connectivity index (χ4v) is 4.81. The van der Waals surface area contributed by atoms with E-state index in [2.05, 4.69) is 5.32 Å². The SMILES string of the molecule is Cc1cccc(N(CCOc2ccc(C[C@H](Nc3ccccc3C(=O)c3ccccc3)C(=O)O)cc2)C(=O)CC(C)C)c1. The van der Waals surface area contributed by atoms with E-state index >= 15 is 0 Å². The summed E-state index contributed by atoms with van der Waals surface area (Å²) in [7, 11) is 0. The van der Waals surface area contributed by atoms with Crippen LogP contribution >= 0.6 is 0 Å². The molecule has 2 N–H and O–H groups in total. The van der Waals surface area contributed by atoms with Gasteiger partial charge in [-0.05, 0) is 60.4 Å². The summed E-state index contributed by atoms with van der Waals surface area (Å²) < 4.78 is 5.97. The molecule has 0 spiro atoms. The maximum Gasteiger partial charge on any atom is 0.326 e. The Morgan fingerprint density at radius 1 is 0.860 bits per heavy atom.